The Hall–Kier alpha value is -0.820. The second-order valence-corrected chi connectivity index (χ2v) is 4.96. The third-order valence-corrected chi connectivity index (χ3v) is 2.60. The van der Waals surface area contributed by atoms with Crippen LogP contribution in [0.2, 0.25) is 0 Å². The summed E-state index contributed by atoms with van der Waals surface area (Å²) < 4.78 is 31.2. The molecule has 1 heterocycles. The maximum Gasteiger partial charge on any atom is 0.409 e. The van der Waals surface area contributed by atoms with Gasteiger partial charge in [0, 0.05) is 6.54 Å². The summed E-state index contributed by atoms with van der Waals surface area (Å²) in [6.45, 7) is 2.77. The van der Waals surface area contributed by atoms with Crippen molar-refractivity contribution in [2.75, 3.05) is 26.0 Å². The fourth-order valence-electron chi connectivity index (χ4n) is 1.43. The lowest BCUT2D eigenvalue weighted by Gasteiger charge is -2.15. The molecule has 0 aromatic heterocycles. The molecule has 1 fully saturated rings. The summed E-state index contributed by atoms with van der Waals surface area (Å²) >= 11 is 0. The molecular formula is C8H15NO5S. The van der Waals surface area contributed by atoms with E-state index in [1.807, 2.05) is 0 Å². The number of hydrogen-bond donors (Lipinski definition) is 0. The largest absolute Gasteiger partial charge is 0.450 e. The number of carbonyl (C=O) groups excluding carboxylic acids is 1. The maximum atomic E-state index is 11.3. The van der Waals surface area contributed by atoms with E-state index >= 15 is 0 Å². The zero-order valence-corrected chi connectivity index (χ0v) is 9.62. The fourth-order valence-corrected chi connectivity index (χ4v) is 2.09. The molecule has 15 heavy (non-hydrogen) atoms. The Morgan fingerprint density at radius 3 is 2.73 bits per heavy atom. The first-order chi connectivity index (χ1) is 6.92. The number of likely N-dealkylation sites (tertiary alicyclic amines) is 1. The first-order valence-electron chi connectivity index (χ1n) is 4.72. The van der Waals surface area contributed by atoms with E-state index in [9.17, 15) is 13.2 Å². The van der Waals surface area contributed by atoms with Crippen molar-refractivity contribution >= 4 is 16.2 Å². The highest BCUT2D eigenvalue weighted by Crippen LogP contribution is 2.15. The first-order valence-corrected chi connectivity index (χ1v) is 6.54. The van der Waals surface area contributed by atoms with E-state index in [1.165, 1.54) is 4.90 Å². The third kappa shape index (κ3) is 4.05. The summed E-state index contributed by atoms with van der Waals surface area (Å²) in [5, 5.41) is 0. The van der Waals surface area contributed by atoms with Crippen LogP contribution in [0.5, 0.6) is 0 Å². The van der Waals surface area contributed by atoms with E-state index in [0.29, 0.717) is 19.6 Å². The molecule has 0 unspecified atom stereocenters. The quantitative estimate of drug-likeness (QED) is 0.655. The van der Waals surface area contributed by atoms with Gasteiger partial charge in [0.05, 0.1) is 25.5 Å². The molecule has 1 saturated heterocycles. The van der Waals surface area contributed by atoms with Crippen molar-refractivity contribution in [2.45, 2.75) is 19.4 Å². The van der Waals surface area contributed by atoms with Crippen LogP contribution in [0.1, 0.15) is 13.3 Å². The van der Waals surface area contributed by atoms with Gasteiger partial charge in [-0.2, -0.15) is 8.42 Å². The highest BCUT2D eigenvalue weighted by molar-refractivity contribution is 7.86. The van der Waals surface area contributed by atoms with Crippen LogP contribution in [0, 0.1) is 0 Å². The lowest BCUT2D eigenvalue weighted by molar-refractivity contribution is 0.110. The van der Waals surface area contributed by atoms with E-state index in [-0.39, 0.29) is 6.54 Å². The lowest BCUT2D eigenvalue weighted by atomic mass is 10.3. The molecule has 0 radical (unpaired) electrons. The van der Waals surface area contributed by atoms with Crippen LogP contribution in [0.4, 0.5) is 4.79 Å². The molecule has 0 N–H and O–H groups in total. The molecule has 0 spiro atoms. The number of carbonyl (C=O) groups is 1. The van der Waals surface area contributed by atoms with Crippen molar-refractivity contribution < 1.29 is 22.1 Å². The van der Waals surface area contributed by atoms with Crippen molar-refractivity contribution in [2.24, 2.45) is 0 Å². The van der Waals surface area contributed by atoms with Gasteiger partial charge < -0.3 is 9.64 Å². The molecule has 0 saturated carbocycles. The van der Waals surface area contributed by atoms with Crippen LogP contribution >= 0.6 is 0 Å². The number of ether oxygens (including phenoxy) is 1. The molecule has 1 amide bonds. The molecule has 0 aliphatic carbocycles. The topological polar surface area (TPSA) is 72.9 Å². The van der Waals surface area contributed by atoms with E-state index in [2.05, 4.69) is 0 Å². The Kier molecular flexibility index (Phi) is 3.92. The van der Waals surface area contributed by atoms with Crippen molar-refractivity contribution in [3.63, 3.8) is 0 Å². The van der Waals surface area contributed by atoms with Crippen LogP contribution in [0.25, 0.3) is 0 Å². The molecule has 1 atom stereocenters. The molecule has 1 rings (SSSR count). The summed E-state index contributed by atoms with van der Waals surface area (Å²) in [7, 11) is -3.45. The van der Waals surface area contributed by atoms with Gasteiger partial charge in [0.2, 0.25) is 0 Å². The predicted octanol–water partition coefficient (Wildman–Crippen LogP) is 0.193. The zero-order valence-electron chi connectivity index (χ0n) is 8.80. The van der Waals surface area contributed by atoms with Crippen molar-refractivity contribution in [3.8, 4) is 0 Å². The molecule has 0 aromatic carbocycles. The fraction of sp³-hybridized carbons (Fsp3) is 0.875. The Balaban J connectivity index is 2.42. The van der Waals surface area contributed by atoms with Gasteiger partial charge in [-0.1, -0.05) is 0 Å². The standard InChI is InChI=1S/C8H15NO5S/c1-3-13-8(10)9-5-4-7(6-9)14-15(2,11)12/h7H,3-6H2,1-2H3/t7-/m0/s1. The van der Waals surface area contributed by atoms with Crippen LogP contribution in [-0.2, 0) is 19.0 Å². The average molecular weight is 237 g/mol. The minimum Gasteiger partial charge on any atom is -0.450 e. The van der Waals surface area contributed by atoms with E-state index in [1.54, 1.807) is 6.92 Å². The Labute approximate surface area is 89.3 Å². The normalized spacial score (nSPS) is 21.7. The number of amides is 1. The van der Waals surface area contributed by atoms with Crippen LogP contribution in [0.15, 0.2) is 0 Å². The molecule has 1 aliphatic rings. The van der Waals surface area contributed by atoms with Crippen LogP contribution in [-0.4, -0.2) is 51.5 Å². The van der Waals surface area contributed by atoms with Crippen LogP contribution < -0.4 is 0 Å². The predicted molar refractivity (Wildman–Crippen MR) is 52.9 cm³/mol. The average Bonchev–Trinajstić information content (AvgIpc) is 2.50. The lowest BCUT2D eigenvalue weighted by Crippen LogP contribution is -2.31. The van der Waals surface area contributed by atoms with Gasteiger partial charge in [-0.05, 0) is 13.3 Å². The zero-order chi connectivity index (χ0) is 11.5. The van der Waals surface area contributed by atoms with Gasteiger partial charge in [-0.15, -0.1) is 0 Å². The minimum atomic E-state index is -3.45. The number of hydrogen-bond acceptors (Lipinski definition) is 5. The maximum absolute atomic E-state index is 11.3. The molecule has 6 nitrogen and oxygen atoms in total. The third-order valence-electron chi connectivity index (χ3n) is 1.98. The molecule has 7 heteroatoms. The van der Waals surface area contributed by atoms with Gasteiger partial charge >= 0.3 is 6.09 Å². The van der Waals surface area contributed by atoms with E-state index in [0.717, 1.165) is 6.26 Å². The van der Waals surface area contributed by atoms with E-state index in [4.69, 9.17) is 8.92 Å². The molecule has 0 aromatic rings. The molecule has 88 valence electrons. The summed E-state index contributed by atoms with van der Waals surface area (Å²) in [6.07, 6.45) is 0.660. The van der Waals surface area contributed by atoms with Gasteiger partial charge in [0.15, 0.2) is 0 Å². The van der Waals surface area contributed by atoms with Crippen molar-refractivity contribution in [1.29, 1.82) is 0 Å². The van der Waals surface area contributed by atoms with E-state index < -0.39 is 22.3 Å². The molecule has 0 bridgehead atoms. The summed E-state index contributed by atoms with van der Waals surface area (Å²) in [4.78, 5) is 12.7. The highest BCUT2D eigenvalue weighted by Gasteiger charge is 2.29. The summed E-state index contributed by atoms with van der Waals surface area (Å²) in [5.74, 6) is 0. The molecular weight excluding hydrogens is 222 g/mol. The number of rotatable bonds is 3. The molecule has 1 aliphatic heterocycles. The van der Waals surface area contributed by atoms with Crippen molar-refractivity contribution in [3.05, 3.63) is 0 Å². The monoisotopic (exact) mass is 237 g/mol. The second-order valence-electron chi connectivity index (χ2n) is 3.36. The Morgan fingerprint density at radius 2 is 2.20 bits per heavy atom. The smallest absolute Gasteiger partial charge is 0.409 e. The number of nitrogens with zero attached hydrogens (tertiary/aromatic N) is 1. The van der Waals surface area contributed by atoms with Gasteiger partial charge in [-0.25, -0.2) is 4.79 Å². The SMILES string of the molecule is CCOC(=O)N1CC[C@H](OS(C)(=O)=O)C1. The second kappa shape index (κ2) is 4.80. The highest BCUT2D eigenvalue weighted by atomic mass is 32.2. The Bertz CT molecular complexity index is 326. The van der Waals surface area contributed by atoms with Gasteiger partial charge in [0.1, 0.15) is 0 Å². The van der Waals surface area contributed by atoms with Gasteiger partial charge in [0.25, 0.3) is 10.1 Å². The van der Waals surface area contributed by atoms with Gasteiger partial charge in [-0.3, -0.25) is 4.18 Å². The Morgan fingerprint density at radius 1 is 1.53 bits per heavy atom. The van der Waals surface area contributed by atoms with Crippen LogP contribution in [0.3, 0.4) is 0 Å². The summed E-state index contributed by atoms with van der Waals surface area (Å²) in [6, 6.07) is 0. The minimum absolute atomic E-state index is 0.270. The first kappa shape index (κ1) is 12.3. The summed E-state index contributed by atoms with van der Waals surface area (Å²) in [5.41, 5.74) is 0. The van der Waals surface area contributed by atoms with Crippen molar-refractivity contribution in [1.82, 2.24) is 4.90 Å².